The Hall–Kier alpha value is -3.22. The van der Waals surface area contributed by atoms with E-state index in [1.807, 2.05) is 18.2 Å². The van der Waals surface area contributed by atoms with Crippen LogP contribution in [0.25, 0.3) is 10.9 Å². The number of rotatable bonds is 5. The van der Waals surface area contributed by atoms with E-state index in [1.165, 1.54) is 19.2 Å². The standard InChI is InChI=1S/C19H16F2N2O3/c1-11-9-14(13-5-3-4-6-15(13)22-11)18(24)23-12-7-8-16(25-2)17(10-12)26-19(20)21/h3-10,19H,1-2H3,(H,23,24). The van der Waals surface area contributed by atoms with Gasteiger partial charge in [-0.3, -0.25) is 9.78 Å². The summed E-state index contributed by atoms with van der Waals surface area (Å²) in [5.41, 5.74) is 2.16. The number of ether oxygens (including phenoxy) is 2. The molecule has 134 valence electrons. The maximum Gasteiger partial charge on any atom is 0.387 e. The van der Waals surface area contributed by atoms with Crippen LogP contribution >= 0.6 is 0 Å². The summed E-state index contributed by atoms with van der Waals surface area (Å²) < 4.78 is 34.5. The third kappa shape index (κ3) is 3.72. The molecule has 3 aromatic rings. The Morgan fingerprint density at radius 2 is 1.88 bits per heavy atom. The Bertz CT molecular complexity index is 961. The quantitative estimate of drug-likeness (QED) is 0.734. The molecular formula is C19H16F2N2O3. The summed E-state index contributed by atoms with van der Waals surface area (Å²) in [5.74, 6) is -0.385. The molecule has 0 fully saturated rings. The molecule has 0 aliphatic rings. The number of carbonyl (C=O) groups is 1. The maximum absolute atomic E-state index is 12.7. The summed E-state index contributed by atoms with van der Waals surface area (Å²) in [6, 6.07) is 13.2. The van der Waals surface area contributed by atoms with Crippen LogP contribution in [0.1, 0.15) is 16.1 Å². The SMILES string of the molecule is COc1ccc(NC(=O)c2cc(C)nc3ccccc23)cc1OC(F)F. The molecule has 3 rings (SSSR count). The third-order valence-electron chi connectivity index (χ3n) is 3.73. The molecule has 0 atom stereocenters. The molecule has 1 aromatic heterocycles. The number of hydrogen-bond donors (Lipinski definition) is 1. The summed E-state index contributed by atoms with van der Waals surface area (Å²) in [7, 11) is 1.35. The lowest BCUT2D eigenvalue weighted by Gasteiger charge is -2.13. The van der Waals surface area contributed by atoms with Gasteiger partial charge in [-0.15, -0.1) is 0 Å². The minimum Gasteiger partial charge on any atom is -0.493 e. The average Bonchev–Trinajstić information content (AvgIpc) is 2.60. The van der Waals surface area contributed by atoms with Crippen molar-refractivity contribution < 1.29 is 23.0 Å². The fourth-order valence-electron chi connectivity index (χ4n) is 2.64. The second kappa shape index (κ2) is 7.35. The third-order valence-corrected chi connectivity index (χ3v) is 3.73. The van der Waals surface area contributed by atoms with Crippen molar-refractivity contribution in [2.75, 3.05) is 12.4 Å². The van der Waals surface area contributed by atoms with Crippen LogP contribution in [0.3, 0.4) is 0 Å². The molecule has 0 aliphatic carbocycles. The zero-order valence-corrected chi connectivity index (χ0v) is 14.1. The molecule has 1 heterocycles. The van der Waals surface area contributed by atoms with Crippen LogP contribution in [0.15, 0.2) is 48.5 Å². The van der Waals surface area contributed by atoms with E-state index in [1.54, 1.807) is 25.1 Å². The van der Waals surface area contributed by atoms with E-state index in [0.29, 0.717) is 27.8 Å². The van der Waals surface area contributed by atoms with Crippen LogP contribution in [0.5, 0.6) is 11.5 Å². The minimum absolute atomic E-state index is 0.147. The summed E-state index contributed by atoms with van der Waals surface area (Å²) in [5, 5.41) is 3.40. The number of fused-ring (bicyclic) bond motifs is 1. The Morgan fingerprint density at radius 3 is 2.62 bits per heavy atom. The molecule has 0 unspecified atom stereocenters. The van der Waals surface area contributed by atoms with Crippen LogP contribution in [-0.4, -0.2) is 24.6 Å². The highest BCUT2D eigenvalue weighted by Crippen LogP contribution is 2.32. The number of amides is 1. The van der Waals surface area contributed by atoms with E-state index in [9.17, 15) is 13.6 Å². The predicted molar refractivity (Wildman–Crippen MR) is 94.1 cm³/mol. The number of hydrogen-bond acceptors (Lipinski definition) is 4. The number of methoxy groups -OCH3 is 1. The minimum atomic E-state index is -3.00. The van der Waals surface area contributed by atoms with Crippen LogP contribution in [0.2, 0.25) is 0 Å². The van der Waals surface area contributed by atoms with Gasteiger partial charge in [-0.2, -0.15) is 8.78 Å². The zero-order chi connectivity index (χ0) is 18.7. The first-order valence-corrected chi connectivity index (χ1v) is 7.78. The van der Waals surface area contributed by atoms with Crippen LogP contribution < -0.4 is 14.8 Å². The number of pyridine rings is 1. The van der Waals surface area contributed by atoms with Crippen molar-refractivity contribution in [3.8, 4) is 11.5 Å². The summed E-state index contributed by atoms with van der Waals surface area (Å²) in [6.07, 6.45) is 0. The Kier molecular flexibility index (Phi) is 4.97. The van der Waals surface area contributed by atoms with Crippen molar-refractivity contribution in [3.63, 3.8) is 0 Å². The number of nitrogens with zero attached hydrogens (tertiary/aromatic N) is 1. The van der Waals surface area contributed by atoms with Crippen molar-refractivity contribution in [3.05, 3.63) is 59.8 Å². The smallest absolute Gasteiger partial charge is 0.387 e. The number of halogens is 2. The van der Waals surface area contributed by atoms with Gasteiger partial charge in [0.25, 0.3) is 5.91 Å². The molecule has 26 heavy (non-hydrogen) atoms. The zero-order valence-electron chi connectivity index (χ0n) is 14.1. The van der Waals surface area contributed by atoms with E-state index in [2.05, 4.69) is 15.0 Å². The lowest BCUT2D eigenvalue weighted by molar-refractivity contribution is -0.0511. The second-order valence-corrected chi connectivity index (χ2v) is 5.53. The molecule has 2 aromatic carbocycles. The summed E-state index contributed by atoms with van der Waals surface area (Å²) >= 11 is 0. The van der Waals surface area contributed by atoms with Crippen molar-refractivity contribution in [2.24, 2.45) is 0 Å². The van der Waals surface area contributed by atoms with E-state index in [4.69, 9.17) is 4.74 Å². The Balaban J connectivity index is 1.93. The molecule has 1 amide bonds. The van der Waals surface area contributed by atoms with Gasteiger partial charge >= 0.3 is 6.61 Å². The topological polar surface area (TPSA) is 60.5 Å². The largest absolute Gasteiger partial charge is 0.493 e. The van der Waals surface area contributed by atoms with E-state index < -0.39 is 6.61 Å². The Labute approximate surface area is 148 Å². The number of carbonyl (C=O) groups excluding carboxylic acids is 1. The van der Waals surface area contributed by atoms with Gasteiger partial charge in [0.1, 0.15) is 0 Å². The van der Waals surface area contributed by atoms with E-state index in [0.717, 1.165) is 0 Å². The number of alkyl halides is 2. The van der Waals surface area contributed by atoms with Crippen molar-refractivity contribution >= 4 is 22.5 Å². The highest BCUT2D eigenvalue weighted by molar-refractivity contribution is 6.12. The van der Waals surface area contributed by atoms with Gasteiger partial charge in [-0.25, -0.2) is 0 Å². The first kappa shape index (κ1) is 17.6. The molecule has 0 spiro atoms. The lowest BCUT2D eigenvalue weighted by atomic mass is 10.1. The maximum atomic E-state index is 12.7. The monoisotopic (exact) mass is 358 g/mol. The van der Waals surface area contributed by atoms with Gasteiger partial charge in [0.05, 0.1) is 18.2 Å². The molecular weight excluding hydrogens is 342 g/mol. The molecule has 5 nitrogen and oxygen atoms in total. The van der Waals surface area contributed by atoms with E-state index in [-0.39, 0.29) is 17.4 Å². The van der Waals surface area contributed by atoms with Crippen molar-refractivity contribution in [1.82, 2.24) is 4.98 Å². The second-order valence-electron chi connectivity index (χ2n) is 5.53. The fourth-order valence-corrected chi connectivity index (χ4v) is 2.64. The van der Waals surface area contributed by atoms with Gasteiger partial charge < -0.3 is 14.8 Å². The number of nitrogens with one attached hydrogen (secondary N) is 1. The molecule has 0 aliphatic heterocycles. The van der Waals surface area contributed by atoms with Gasteiger partial charge in [0, 0.05) is 22.8 Å². The average molecular weight is 358 g/mol. The molecule has 0 radical (unpaired) electrons. The number of aryl methyl sites for hydroxylation is 1. The van der Waals surface area contributed by atoms with Gasteiger partial charge in [-0.05, 0) is 31.2 Å². The normalized spacial score (nSPS) is 10.8. The molecule has 1 N–H and O–H groups in total. The van der Waals surface area contributed by atoms with Gasteiger partial charge in [0.2, 0.25) is 0 Å². The lowest BCUT2D eigenvalue weighted by Crippen LogP contribution is -2.13. The highest BCUT2D eigenvalue weighted by Gasteiger charge is 2.15. The molecule has 0 saturated carbocycles. The van der Waals surface area contributed by atoms with Crippen molar-refractivity contribution in [1.29, 1.82) is 0 Å². The predicted octanol–water partition coefficient (Wildman–Crippen LogP) is 4.41. The van der Waals surface area contributed by atoms with Gasteiger partial charge in [0.15, 0.2) is 11.5 Å². The molecule has 0 saturated heterocycles. The highest BCUT2D eigenvalue weighted by atomic mass is 19.3. The molecule has 7 heteroatoms. The number of para-hydroxylation sites is 1. The van der Waals surface area contributed by atoms with Crippen LogP contribution in [0.4, 0.5) is 14.5 Å². The first-order chi connectivity index (χ1) is 12.5. The van der Waals surface area contributed by atoms with Crippen LogP contribution in [-0.2, 0) is 0 Å². The first-order valence-electron chi connectivity index (χ1n) is 7.78. The van der Waals surface area contributed by atoms with E-state index >= 15 is 0 Å². The number of anilines is 1. The van der Waals surface area contributed by atoms with Crippen LogP contribution in [0, 0.1) is 6.92 Å². The number of benzene rings is 2. The number of aromatic nitrogens is 1. The fraction of sp³-hybridized carbons (Fsp3) is 0.158. The van der Waals surface area contributed by atoms with Gasteiger partial charge in [-0.1, -0.05) is 18.2 Å². The Morgan fingerprint density at radius 1 is 1.12 bits per heavy atom. The van der Waals surface area contributed by atoms with Crippen molar-refractivity contribution in [2.45, 2.75) is 13.5 Å². The summed E-state index contributed by atoms with van der Waals surface area (Å²) in [4.78, 5) is 17.1. The summed E-state index contributed by atoms with van der Waals surface area (Å²) in [6.45, 7) is -1.20. The molecule has 0 bridgehead atoms.